The topological polar surface area (TPSA) is 21.3 Å². The van der Waals surface area contributed by atoms with Gasteiger partial charge < -0.3 is 10.1 Å². The standard InChI is InChI=1S/C17H25NO/c1-19-17-9-5-4-8-16(17)15-7-3-2-6-13(15)12-18-14-10-11-14/h4-5,8-9,13-15,18H,2-3,6-7,10-12H2,1H3. The fourth-order valence-corrected chi connectivity index (χ4v) is 3.44. The van der Waals surface area contributed by atoms with Gasteiger partial charge in [0.1, 0.15) is 5.75 Å². The zero-order valence-corrected chi connectivity index (χ0v) is 11.9. The number of ether oxygens (including phenoxy) is 1. The van der Waals surface area contributed by atoms with E-state index >= 15 is 0 Å². The zero-order valence-electron chi connectivity index (χ0n) is 11.9. The van der Waals surface area contributed by atoms with E-state index in [0.29, 0.717) is 5.92 Å². The minimum atomic E-state index is 0.677. The highest BCUT2D eigenvalue weighted by molar-refractivity contribution is 5.37. The van der Waals surface area contributed by atoms with Gasteiger partial charge in [-0.2, -0.15) is 0 Å². The fourth-order valence-electron chi connectivity index (χ4n) is 3.44. The molecule has 0 amide bonds. The highest BCUT2D eigenvalue weighted by Crippen LogP contribution is 2.41. The normalized spacial score (nSPS) is 27.2. The lowest BCUT2D eigenvalue weighted by atomic mass is 9.75. The summed E-state index contributed by atoms with van der Waals surface area (Å²) in [7, 11) is 1.79. The van der Waals surface area contributed by atoms with Crippen molar-refractivity contribution in [2.75, 3.05) is 13.7 Å². The predicted octanol–water partition coefficient (Wildman–Crippen LogP) is 3.72. The molecule has 2 aliphatic carbocycles. The number of hydrogen-bond acceptors (Lipinski definition) is 2. The van der Waals surface area contributed by atoms with E-state index < -0.39 is 0 Å². The Bertz CT molecular complexity index is 413. The maximum Gasteiger partial charge on any atom is 0.122 e. The van der Waals surface area contributed by atoms with Gasteiger partial charge in [0, 0.05) is 6.04 Å². The van der Waals surface area contributed by atoms with Crippen molar-refractivity contribution < 1.29 is 4.74 Å². The van der Waals surface area contributed by atoms with Gasteiger partial charge in [-0.1, -0.05) is 31.0 Å². The van der Waals surface area contributed by atoms with E-state index in [9.17, 15) is 0 Å². The molecule has 1 aromatic carbocycles. The van der Waals surface area contributed by atoms with Crippen LogP contribution in [0.5, 0.6) is 5.75 Å². The highest BCUT2D eigenvalue weighted by Gasteiger charge is 2.30. The fraction of sp³-hybridized carbons (Fsp3) is 0.647. The van der Waals surface area contributed by atoms with Crippen LogP contribution in [0, 0.1) is 5.92 Å². The third-order valence-electron chi connectivity index (χ3n) is 4.69. The Hall–Kier alpha value is -1.02. The van der Waals surface area contributed by atoms with E-state index in [2.05, 4.69) is 29.6 Å². The van der Waals surface area contributed by atoms with Gasteiger partial charge in [-0.3, -0.25) is 0 Å². The Balaban J connectivity index is 1.74. The van der Waals surface area contributed by atoms with Crippen LogP contribution in [0.1, 0.15) is 50.0 Å². The Kier molecular flexibility index (Phi) is 4.07. The minimum absolute atomic E-state index is 0.677. The summed E-state index contributed by atoms with van der Waals surface area (Å²) < 4.78 is 5.56. The molecule has 0 aromatic heterocycles. The maximum atomic E-state index is 5.56. The predicted molar refractivity (Wildman–Crippen MR) is 78.7 cm³/mol. The zero-order chi connectivity index (χ0) is 13.1. The highest BCUT2D eigenvalue weighted by atomic mass is 16.5. The van der Waals surface area contributed by atoms with Gasteiger partial charge in [-0.25, -0.2) is 0 Å². The third-order valence-corrected chi connectivity index (χ3v) is 4.69. The molecule has 3 rings (SSSR count). The molecule has 2 fully saturated rings. The molecule has 0 saturated heterocycles. The summed E-state index contributed by atoms with van der Waals surface area (Å²) in [4.78, 5) is 0. The SMILES string of the molecule is COc1ccccc1C1CCCCC1CNC1CC1. The molecule has 0 bridgehead atoms. The summed E-state index contributed by atoms with van der Waals surface area (Å²) in [6.45, 7) is 1.19. The molecule has 0 radical (unpaired) electrons. The van der Waals surface area contributed by atoms with Crippen molar-refractivity contribution in [3.63, 3.8) is 0 Å². The quantitative estimate of drug-likeness (QED) is 0.870. The molecule has 0 heterocycles. The van der Waals surface area contributed by atoms with Crippen molar-refractivity contribution in [2.24, 2.45) is 5.92 Å². The Morgan fingerprint density at radius 3 is 2.68 bits per heavy atom. The van der Waals surface area contributed by atoms with Crippen LogP contribution >= 0.6 is 0 Å². The average Bonchev–Trinajstić information content (AvgIpc) is 3.29. The molecule has 2 saturated carbocycles. The molecule has 2 heteroatoms. The number of rotatable bonds is 5. The number of hydrogen-bond donors (Lipinski definition) is 1. The van der Waals surface area contributed by atoms with Gasteiger partial charge in [-0.05, 0) is 55.7 Å². The van der Waals surface area contributed by atoms with E-state index in [0.717, 1.165) is 17.7 Å². The van der Waals surface area contributed by atoms with Gasteiger partial charge in [0.05, 0.1) is 7.11 Å². The van der Waals surface area contributed by atoms with Crippen molar-refractivity contribution >= 4 is 0 Å². The number of methoxy groups -OCH3 is 1. The van der Waals surface area contributed by atoms with Gasteiger partial charge in [-0.15, -0.1) is 0 Å². The van der Waals surface area contributed by atoms with Crippen LogP contribution in [0.4, 0.5) is 0 Å². The Morgan fingerprint density at radius 2 is 1.89 bits per heavy atom. The molecule has 104 valence electrons. The van der Waals surface area contributed by atoms with E-state index in [1.807, 2.05) is 0 Å². The second kappa shape index (κ2) is 5.96. The molecule has 2 unspecified atom stereocenters. The van der Waals surface area contributed by atoms with Crippen molar-refractivity contribution in [1.82, 2.24) is 5.32 Å². The largest absolute Gasteiger partial charge is 0.496 e. The molecule has 0 aliphatic heterocycles. The molecule has 2 nitrogen and oxygen atoms in total. The number of nitrogens with one attached hydrogen (secondary N) is 1. The molecule has 19 heavy (non-hydrogen) atoms. The summed E-state index contributed by atoms with van der Waals surface area (Å²) in [6, 6.07) is 9.41. The molecule has 0 spiro atoms. The van der Waals surface area contributed by atoms with Crippen molar-refractivity contribution in [3.05, 3.63) is 29.8 Å². The first-order valence-corrected chi connectivity index (χ1v) is 7.75. The van der Waals surface area contributed by atoms with Crippen LogP contribution in [0.25, 0.3) is 0 Å². The van der Waals surface area contributed by atoms with Gasteiger partial charge in [0.25, 0.3) is 0 Å². The lowest BCUT2D eigenvalue weighted by molar-refractivity contribution is 0.287. The van der Waals surface area contributed by atoms with Crippen molar-refractivity contribution in [1.29, 1.82) is 0 Å². The van der Waals surface area contributed by atoms with Crippen LogP contribution in [0.15, 0.2) is 24.3 Å². The summed E-state index contributed by atoms with van der Waals surface area (Å²) in [6.07, 6.45) is 8.20. The number of para-hydroxylation sites is 1. The molecule has 2 atom stereocenters. The first kappa shape index (κ1) is 13.0. The van der Waals surface area contributed by atoms with E-state index in [-0.39, 0.29) is 0 Å². The Labute approximate surface area is 116 Å². The van der Waals surface area contributed by atoms with Crippen LogP contribution in [-0.2, 0) is 0 Å². The summed E-state index contributed by atoms with van der Waals surface area (Å²) in [5.74, 6) is 2.53. The molecule has 1 aromatic rings. The maximum absolute atomic E-state index is 5.56. The lowest BCUT2D eigenvalue weighted by Crippen LogP contribution is -2.30. The second-order valence-electron chi connectivity index (χ2n) is 6.08. The van der Waals surface area contributed by atoms with Crippen LogP contribution in [0.2, 0.25) is 0 Å². The molecular weight excluding hydrogens is 234 g/mol. The molecule has 2 aliphatic rings. The summed E-state index contributed by atoms with van der Waals surface area (Å²) >= 11 is 0. The monoisotopic (exact) mass is 259 g/mol. The van der Waals surface area contributed by atoms with Crippen LogP contribution in [-0.4, -0.2) is 19.7 Å². The van der Waals surface area contributed by atoms with E-state index in [1.54, 1.807) is 7.11 Å². The summed E-state index contributed by atoms with van der Waals surface area (Å²) in [5, 5.41) is 3.72. The minimum Gasteiger partial charge on any atom is -0.496 e. The first-order valence-electron chi connectivity index (χ1n) is 7.75. The first-order chi connectivity index (χ1) is 9.38. The Morgan fingerprint density at radius 1 is 1.11 bits per heavy atom. The average molecular weight is 259 g/mol. The van der Waals surface area contributed by atoms with Crippen LogP contribution < -0.4 is 10.1 Å². The second-order valence-corrected chi connectivity index (χ2v) is 6.08. The van der Waals surface area contributed by atoms with Crippen LogP contribution in [0.3, 0.4) is 0 Å². The van der Waals surface area contributed by atoms with Gasteiger partial charge in [0.15, 0.2) is 0 Å². The van der Waals surface area contributed by atoms with Crippen molar-refractivity contribution in [2.45, 2.75) is 50.5 Å². The van der Waals surface area contributed by atoms with E-state index in [4.69, 9.17) is 4.74 Å². The van der Waals surface area contributed by atoms with Crippen molar-refractivity contribution in [3.8, 4) is 5.75 Å². The lowest BCUT2D eigenvalue weighted by Gasteiger charge is -2.33. The number of benzene rings is 1. The third kappa shape index (κ3) is 3.11. The van der Waals surface area contributed by atoms with Gasteiger partial charge in [0.2, 0.25) is 0 Å². The van der Waals surface area contributed by atoms with E-state index in [1.165, 1.54) is 50.6 Å². The van der Waals surface area contributed by atoms with Gasteiger partial charge >= 0.3 is 0 Å². The molecule has 1 N–H and O–H groups in total. The summed E-state index contributed by atoms with van der Waals surface area (Å²) in [5.41, 5.74) is 1.42. The molecular formula is C17H25NO. The smallest absolute Gasteiger partial charge is 0.122 e.